The summed E-state index contributed by atoms with van der Waals surface area (Å²) in [5, 5.41) is 3.62. The van der Waals surface area contributed by atoms with Gasteiger partial charge >= 0.3 is 0 Å². The van der Waals surface area contributed by atoms with E-state index in [2.05, 4.69) is 23.7 Å². The number of rotatable bonds is 4. The standard InChI is InChI=1S/C10H17NS/c1-12-6-5-11-10-7-8-3-2-4-9(8)10/h2,4,8-11H,3,5-7H2,1H3. The molecule has 1 saturated carbocycles. The molecule has 0 aliphatic heterocycles. The largest absolute Gasteiger partial charge is 0.313 e. The van der Waals surface area contributed by atoms with Gasteiger partial charge in [-0.1, -0.05) is 12.2 Å². The van der Waals surface area contributed by atoms with Crippen molar-refractivity contribution in [3.05, 3.63) is 12.2 Å². The van der Waals surface area contributed by atoms with Crippen molar-refractivity contribution >= 4 is 11.8 Å². The molecule has 0 aromatic heterocycles. The molecule has 0 amide bonds. The predicted molar refractivity (Wildman–Crippen MR) is 55.5 cm³/mol. The minimum absolute atomic E-state index is 0.806. The molecule has 12 heavy (non-hydrogen) atoms. The van der Waals surface area contributed by atoms with Gasteiger partial charge in [0.1, 0.15) is 0 Å². The summed E-state index contributed by atoms with van der Waals surface area (Å²) in [6.07, 6.45) is 9.68. The number of hydrogen-bond acceptors (Lipinski definition) is 2. The lowest BCUT2D eigenvalue weighted by atomic mass is 9.71. The van der Waals surface area contributed by atoms with Gasteiger partial charge in [-0.15, -0.1) is 0 Å². The second-order valence-corrected chi connectivity index (χ2v) is 4.78. The Labute approximate surface area is 79.0 Å². The number of nitrogens with one attached hydrogen (secondary N) is 1. The molecule has 0 saturated heterocycles. The second-order valence-electron chi connectivity index (χ2n) is 3.79. The van der Waals surface area contributed by atoms with Crippen LogP contribution in [0.25, 0.3) is 0 Å². The van der Waals surface area contributed by atoms with Crippen molar-refractivity contribution in [2.45, 2.75) is 18.9 Å². The number of thioether (sulfide) groups is 1. The van der Waals surface area contributed by atoms with Crippen molar-refractivity contribution in [2.24, 2.45) is 11.8 Å². The van der Waals surface area contributed by atoms with Gasteiger partial charge in [-0.25, -0.2) is 0 Å². The van der Waals surface area contributed by atoms with Gasteiger partial charge in [-0.3, -0.25) is 0 Å². The summed E-state index contributed by atoms with van der Waals surface area (Å²) in [5.41, 5.74) is 0. The second kappa shape index (κ2) is 3.84. The average molecular weight is 183 g/mol. The molecule has 2 heteroatoms. The van der Waals surface area contributed by atoms with E-state index < -0.39 is 0 Å². The van der Waals surface area contributed by atoms with Crippen LogP contribution in [-0.4, -0.2) is 24.6 Å². The van der Waals surface area contributed by atoms with E-state index in [9.17, 15) is 0 Å². The van der Waals surface area contributed by atoms with E-state index in [-0.39, 0.29) is 0 Å². The summed E-state index contributed by atoms with van der Waals surface area (Å²) in [7, 11) is 0. The first-order valence-electron chi connectivity index (χ1n) is 4.81. The van der Waals surface area contributed by atoms with E-state index in [0.29, 0.717) is 0 Å². The summed E-state index contributed by atoms with van der Waals surface area (Å²) in [5.74, 6) is 3.13. The summed E-state index contributed by atoms with van der Waals surface area (Å²) < 4.78 is 0. The Balaban J connectivity index is 1.67. The number of fused-ring (bicyclic) bond motifs is 1. The van der Waals surface area contributed by atoms with Crippen LogP contribution >= 0.6 is 11.8 Å². The fourth-order valence-electron chi connectivity index (χ4n) is 2.29. The average Bonchev–Trinajstić information content (AvgIpc) is 2.41. The minimum Gasteiger partial charge on any atom is -0.313 e. The first-order chi connectivity index (χ1) is 5.92. The molecule has 0 bridgehead atoms. The highest BCUT2D eigenvalue weighted by Gasteiger charge is 2.40. The van der Waals surface area contributed by atoms with Crippen molar-refractivity contribution in [2.75, 3.05) is 18.6 Å². The molecule has 3 unspecified atom stereocenters. The molecule has 2 rings (SSSR count). The van der Waals surface area contributed by atoms with Gasteiger partial charge in [0.2, 0.25) is 0 Å². The molecule has 2 aliphatic carbocycles. The Hall–Kier alpha value is 0.0500. The monoisotopic (exact) mass is 183 g/mol. The molecule has 1 fully saturated rings. The van der Waals surface area contributed by atoms with E-state index in [4.69, 9.17) is 0 Å². The topological polar surface area (TPSA) is 12.0 Å². The SMILES string of the molecule is CSCCNC1CC2CC=CC21. The van der Waals surface area contributed by atoms with Crippen LogP contribution in [0.3, 0.4) is 0 Å². The van der Waals surface area contributed by atoms with Gasteiger partial charge in [0.15, 0.2) is 0 Å². The third-order valence-corrected chi connectivity index (χ3v) is 3.69. The first kappa shape index (κ1) is 8.64. The molecule has 1 N–H and O–H groups in total. The lowest BCUT2D eigenvalue weighted by Gasteiger charge is -2.40. The maximum absolute atomic E-state index is 3.62. The molecule has 2 aliphatic rings. The third-order valence-electron chi connectivity index (χ3n) is 3.08. The maximum atomic E-state index is 3.62. The van der Waals surface area contributed by atoms with E-state index in [0.717, 1.165) is 17.9 Å². The van der Waals surface area contributed by atoms with Gasteiger partial charge in [0.05, 0.1) is 0 Å². The Morgan fingerprint density at radius 2 is 2.50 bits per heavy atom. The zero-order chi connectivity index (χ0) is 8.39. The lowest BCUT2D eigenvalue weighted by Crippen LogP contribution is -2.48. The predicted octanol–water partition coefficient (Wildman–Crippen LogP) is 1.90. The smallest absolute Gasteiger partial charge is 0.0136 e. The highest BCUT2D eigenvalue weighted by Crippen LogP contribution is 2.42. The van der Waals surface area contributed by atoms with Gasteiger partial charge in [-0.05, 0) is 30.9 Å². The molecule has 3 atom stereocenters. The normalized spacial score (nSPS) is 37.9. The van der Waals surface area contributed by atoms with Crippen LogP contribution in [0.15, 0.2) is 12.2 Å². The van der Waals surface area contributed by atoms with Crippen LogP contribution < -0.4 is 5.32 Å². The van der Waals surface area contributed by atoms with Crippen LogP contribution in [-0.2, 0) is 0 Å². The van der Waals surface area contributed by atoms with Crippen LogP contribution in [0, 0.1) is 11.8 Å². The van der Waals surface area contributed by atoms with Crippen LogP contribution in [0.4, 0.5) is 0 Å². The van der Waals surface area contributed by atoms with Crippen molar-refractivity contribution in [1.29, 1.82) is 0 Å². The minimum atomic E-state index is 0.806. The maximum Gasteiger partial charge on any atom is 0.0136 e. The fourth-order valence-corrected chi connectivity index (χ4v) is 2.62. The molecular formula is C10H17NS. The van der Waals surface area contributed by atoms with E-state index in [1.165, 1.54) is 25.1 Å². The lowest BCUT2D eigenvalue weighted by molar-refractivity contribution is 0.166. The molecule has 0 radical (unpaired) electrons. The fraction of sp³-hybridized carbons (Fsp3) is 0.800. The van der Waals surface area contributed by atoms with E-state index >= 15 is 0 Å². The Bertz CT molecular complexity index is 179. The molecule has 0 spiro atoms. The summed E-state index contributed by atoms with van der Waals surface area (Å²) in [6.45, 7) is 1.18. The molecular weight excluding hydrogens is 166 g/mol. The van der Waals surface area contributed by atoms with Crippen molar-refractivity contribution in [1.82, 2.24) is 5.32 Å². The van der Waals surface area contributed by atoms with E-state index in [1.807, 2.05) is 11.8 Å². The van der Waals surface area contributed by atoms with Gasteiger partial charge in [0, 0.05) is 18.3 Å². The first-order valence-corrected chi connectivity index (χ1v) is 6.20. The Kier molecular flexibility index (Phi) is 2.76. The van der Waals surface area contributed by atoms with Crippen LogP contribution in [0.1, 0.15) is 12.8 Å². The van der Waals surface area contributed by atoms with Crippen LogP contribution in [0.2, 0.25) is 0 Å². The summed E-state index contributed by atoms with van der Waals surface area (Å²) in [4.78, 5) is 0. The molecule has 68 valence electrons. The van der Waals surface area contributed by atoms with Crippen LogP contribution in [0.5, 0.6) is 0 Å². The molecule has 0 heterocycles. The highest BCUT2D eigenvalue weighted by atomic mass is 32.2. The van der Waals surface area contributed by atoms with Crippen molar-refractivity contribution < 1.29 is 0 Å². The Morgan fingerprint density at radius 1 is 1.58 bits per heavy atom. The third kappa shape index (κ3) is 1.55. The van der Waals surface area contributed by atoms with Gasteiger partial charge < -0.3 is 5.32 Å². The molecule has 0 aromatic carbocycles. The summed E-state index contributed by atoms with van der Waals surface area (Å²) in [6, 6.07) is 0.806. The quantitative estimate of drug-likeness (QED) is 0.528. The zero-order valence-electron chi connectivity index (χ0n) is 7.62. The number of allylic oxidation sites excluding steroid dienone is 1. The van der Waals surface area contributed by atoms with E-state index in [1.54, 1.807) is 0 Å². The zero-order valence-corrected chi connectivity index (χ0v) is 8.44. The number of hydrogen-bond donors (Lipinski definition) is 1. The Morgan fingerprint density at radius 3 is 3.25 bits per heavy atom. The molecule has 1 nitrogen and oxygen atoms in total. The van der Waals surface area contributed by atoms with Crippen molar-refractivity contribution in [3.8, 4) is 0 Å². The van der Waals surface area contributed by atoms with Gasteiger partial charge in [-0.2, -0.15) is 11.8 Å². The van der Waals surface area contributed by atoms with Crippen molar-refractivity contribution in [3.63, 3.8) is 0 Å². The van der Waals surface area contributed by atoms with Gasteiger partial charge in [0.25, 0.3) is 0 Å². The highest BCUT2D eigenvalue weighted by molar-refractivity contribution is 7.98. The molecule has 0 aromatic rings. The summed E-state index contributed by atoms with van der Waals surface area (Å²) >= 11 is 1.92.